The molecule has 0 saturated carbocycles. The minimum Gasteiger partial charge on any atom is -0.356 e. The molecule has 0 unspecified atom stereocenters. The lowest BCUT2D eigenvalue weighted by Gasteiger charge is -2.05. The molecule has 1 heterocycles. The summed E-state index contributed by atoms with van der Waals surface area (Å²) in [5, 5.41) is 6.26. The van der Waals surface area contributed by atoms with Crippen LogP contribution in [0.5, 0.6) is 0 Å². The summed E-state index contributed by atoms with van der Waals surface area (Å²) >= 11 is 1.33. The van der Waals surface area contributed by atoms with Crippen LogP contribution >= 0.6 is 11.3 Å². The van der Waals surface area contributed by atoms with E-state index in [2.05, 4.69) is 10.6 Å². The van der Waals surface area contributed by atoms with Crippen molar-refractivity contribution in [1.29, 1.82) is 0 Å². The molecule has 0 spiro atoms. The maximum atomic E-state index is 13.3. The molecule has 4 nitrogen and oxygen atoms in total. The Morgan fingerprint density at radius 3 is 2.73 bits per heavy atom. The van der Waals surface area contributed by atoms with Crippen molar-refractivity contribution in [2.24, 2.45) is 0 Å². The smallest absolute Gasteiger partial charge is 0.261 e. The number of benzene rings is 1. The molecule has 0 aliphatic heterocycles. The summed E-state index contributed by atoms with van der Waals surface area (Å²) in [5.41, 5.74) is 0.771. The second kappa shape index (κ2) is 7.35. The monoisotopic (exact) mass is 322 g/mol. The van der Waals surface area contributed by atoms with Crippen LogP contribution in [0, 0.1) is 12.7 Å². The third kappa shape index (κ3) is 3.82. The van der Waals surface area contributed by atoms with E-state index in [0.29, 0.717) is 11.4 Å². The third-order valence-electron chi connectivity index (χ3n) is 3.31. The molecular formula is C16H19FN2O2S. The van der Waals surface area contributed by atoms with Gasteiger partial charge in [0, 0.05) is 24.2 Å². The molecule has 0 radical (unpaired) electrons. The molecule has 0 fully saturated rings. The fourth-order valence-corrected chi connectivity index (χ4v) is 3.24. The lowest BCUT2D eigenvalue weighted by atomic mass is 10.1. The van der Waals surface area contributed by atoms with E-state index in [9.17, 15) is 14.0 Å². The Morgan fingerprint density at radius 1 is 1.23 bits per heavy atom. The maximum absolute atomic E-state index is 13.3. The number of thiophene rings is 1. The Bertz CT molecular complexity index is 697. The zero-order valence-corrected chi connectivity index (χ0v) is 13.5. The highest BCUT2D eigenvalue weighted by atomic mass is 32.1. The van der Waals surface area contributed by atoms with E-state index in [1.54, 1.807) is 13.0 Å². The number of nitrogens with one attached hydrogen (secondary N) is 2. The van der Waals surface area contributed by atoms with Crippen LogP contribution < -0.4 is 10.6 Å². The van der Waals surface area contributed by atoms with Crippen LogP contribution in [0.2, 0.25) is 0 Å². The minimum atomic E-state index is -0.312. The van der Waals surface area contributed by atoms with Gasteiger partial charge in [-0.15, -0.1) is 11.3 Å². The third-order valence-corrected chi connectivity index (χ3v) is 4.59. The van der Waals surface area contributed by atoms with Crippen LogP contribution in [0.1, 0.15) is 35.0 Å². The lowest BCUT2D eigenvalue weighted by Crippen LogP contribution is -2.30. The van der Waals surface area contributed by atoms with Crippen molar-refractivity contribution in [3.63, 3.8) is 0 Å². The molecule has 118 valence electrons. The Kier molecular flexibility index (Phi) is 5.49. The number of carbonyl (C=O) groups is 2. The van der Waals surface area contributed by atoms with Crippen LogP contribution in [0.4, 0.5) is 4.39 Å². The summed E-state index contributed by atoms with van der Waals surface area (Å²) in [6.07, 6.45) is 1.14. The van der Waals surface area contributed by atoms with Crippen LogP contribution in [-0.2, 0) is 4.79 Å². The van der Waals surface area contributed by atoms with Gasteiger partial charge < -0.3 is 10.6 Å². The molecule has 2 amide bonds. The van der Waals surface area contributed by atoms with Gasteiger partial charge in [0.05, 0.1) is 4.88 Å². The fourth-order valence-electron chi connectivity index (χ4n) is 2.13. The zero-order valence-electron chi connectivity index (χ0n) is 12.7. The standard InChI is InChI=1S/C16H19FN2O2S/c1-3-7-18-14(20)6-8-19-16(21)15-10(2)12-9-11(17)4-5-13(12)22-15/h4-5,9H,3,6-8H2,1-2H3,(H,18,20)(H,19,21). The van der Waals surface area contributed by atoms with Crippen LogP contribution in [-0.4, -0.2) is 24.9 Å². The quantitative estimate of drug-likeness (QED) is 0.859. The number of aryl methyl sites for hydroxylation is 1. The molecule has 2 aromatic rings. The van der Waals surface area contributed by atoms with E-state index in [4.69, 9.17) is 0 Å². The van der Waals surface area contributed by atoms with Crippen molar-refractivity contribution in [2.45, 2.75) is 26.7 Å². The highest BCUT2D eigenvalue weighted by molar-refractivity contribution is 7.21. The van der Waals surface area contributed by atoms with E-state index in [1.165, 1.54) is 23.5 Å². The fraction of sp³-hybridized carbons (Fsp3) is 0.375. The summed E-state index contributed by atoms with van der Waals surface area (Å²) in [5.74, 6) is -0.604. The van der Waals surface area contributed by atoms with Crippen molar-refractivity contribution in [2.75, 3.05) is 13.1 Å². The average molecular weight is 322 g/mol. The van der Waals surface area contributed by atoms with Gasteiger partial charge in [0.15, 0.2) is 0 Å². The highest BCUT2D eigenvalue weighted by Gasteiger charge is 2.15. The topological polar surface area (TPSA) is 58.2 Å². The first kappa shape index (κ1) is 16.4. The molecule has 6 heteroatoms. The number of hydrogen-bond donors (Lipinski definition) is 2. The second-order valence-electron chi connectivity index (χ2n) is 5.05. The molecule has 0 bridgehead atoms. The molecule has 0 aliphatic carbocycles. The number of carbonyl (C=O) groups excluding carboxylic acids is 2. The molecular weight excluding hydrogens is 303 g/mol. The molecule has 1 aromatic heterocycles. The number of hydrogen-bond acceptors (Lipinski definition) is 3. The number of rotatable bonds is 6. The maximum Gasteiger partial charge on any atom is 0.261 e. The van der Waals surface area contributed by atoms with Crippen molar-refractivity contribution in [3.8, 4) is 0 Å². The van der Waals surface area contributed by atoms with Crippen LogP contribution in [0.25, 0.3) is 10.1 Å². The normalized spacial score (nSPS) is 10.7. The Balaban J connectivity index is 1.98. The molecule has 2 rings (SSSR count). The van der Waals surface area contributed by atoms with Crippen molar-refractivity contribution in [1.82, 2.24) is 10.6 Å². The summed E-state index contributed by atoms with van der Waals surface area (Å²) < 4.78 is 14.2. The van der Waals surface area contributed by atoms with Crippen molar-refractivity contribution >= 4 is 33.2 Å². The highest BCUT2D eigenvalue weighted by Crippen LogP contribution is 2.31. The first-order valence-corrected chi connectivity index (χ1v) is 8.08. The van der Waals surface area contributed by atoms with E-state index >= 15 is 0 Å². The Morgan fingerprint density at radius 2 is 2.00 bits per heavy atom. The largest absolute Gasteiger partial charge is 0.356 e. The predicted molar refractivity (Wildman–Crippen MR) is 86.8 cm³/mol. The summed E-state index contributed by atoms with van der Waals surface area (Å²) in [7, 11) is 0. The first-order valence-electron chi connectivity index (χ1n) is 7.26. The van der Waals surface area contributed by atoms with E-state index in [0.717, 1.165) is 22.1 Å². The van der Waals surface area contributed by atoms with Gasteiger partial charge in [0.25, 0.3) is 5.91 Å². The summed E-state index contributed by atoms with van der Waals surface area (Å²) in [6.45, 7) is 4.72. The van der Waals surface area contributed by atoms with Gasteiger partial charge in [0.2, 0.25) is 5.91 Å². The van der Waals surface area contributed by atoms with Gasteiger partial charge in [-0.25, -0.2) is 4.39 Å². The molecule has 1 aromatic carbocycles. The van der Waals surface area contributed by atoms with Gasteiger partial charge in [-0.3, -0.25) is 9.59 Å². The number of fused-ring (bicyclic) bond motifs is 1. The summed E-state index contributed by atoms with van der Waals surface area (Å²) in [4.78, 5) is 24.2. The molecule has 22 heavy (non-hydrogen) atoms. The Hall–Kier alpha value is -1.95. The average Bonchev–Trinajstić information content (AvgIpc) is 2.82. The van der Waals surface area contributed by atoms with E-state index in [1.807, 2.05) is 6.92 Å². The number of amides is 2. The number of halogens is 1. The molecule has 0 saturated heterocycles. The SMILES string of the molecule is CCCNC(=O)CCNC(=O)c1sc2ccc(F)cc2c1C. The first-order chi connectivity index (χ1) is 10.5. The van der Waals surface area contributed by atoms with Crippen LogP contribution in [0.15, 0.2) is 18.2 Å². The second-order valence-corrected chi connectivity index (χ2v) is 6.10. The van der Waals surface area contributed by atoms with Gasteiger partial charge in [-0.1, -0.05) is 6.92 Å². The van der Waals surface area contributed by atoms with Gasteiger partial charge >= 0.3 is 0 Å². The zero-order chi connectivity index (χ0) is 16.1. The predicted octanol–water partition coefficient (Wildman–Crippen LogP) is 2.99. The van der Waals surface area contributed by atoms with Crippen LogP contribution in [0.3, 0.4) is 0 Å². The van der Waals surface area contributed by atoms with E-state index < -0.39 is 0 Å². The van der Waals surface area contributed by atoms with Gasteiger partial charge in [-0.2, -0.15) is 0 Å². The van der Waals surface area contributed by atoms with E-state index in [-0.39, 0.29) is 30.6 Å². The molecule has 2 N–H and O–H groups in total. The van der Waals surface area contributed by atoms with Crippen molar-refractivity contribution < 1.29 is 14.0 Å². The summed E-state index contributed by atoms with van der Waals surface area (Å²) in [6, 6.07) is 4.51. The lowest BCUT2D eigenvalue weighted by molar-refractivity contribution is -0.120. The minimum absolute atomic E-state index is 0.0720. The Labute approximate surface area is 132 Å². The molecule has 0 aliphatic rings. The van der Waals surface area contributed by atoms with Crippen molar-refractivity contribution in [3.05, 3.63) is 34.5 Å². The van der Waals surface area contributed by atoms with Gasteiger partial charge in [-0.05, 0) is 42.5 Å². The van der Waals surface area contributed by atoms with Gasteiger partial charge in [0.1, 0.15) is 5.82 Å². The molecule has 0 atom stereocenters.